The molecule has 27 heavy (non-hydrogen) atoms. The third-order valence-electron chi connectivity index (χ3n) is 6.55. The molecule has 0 spiro atoms. The lowest BCUT2D eigenvalue weighted by atomic mass is 9.76. The lowest BCUT2D eigenvalue weighted by Crippen LogP contribution is -2.48. The average molecular weight is 380 g/mol. The average Bonchev–Trinajstić information content (AvgIpc) is 2.65. The highest BCUT2D eigenvalue weighted by Gasteiger charge is 2.39. The summed E-state index contributed by atoms with van der Waals surface area (Å²) in [7, 11) is 3.33. The summed E-state index contributed by atoms with van der Waals surface area (Å²) < 4.78 is 23.7. The van der Waals surface area contributed by atoms with Crippen molar-refractivity contribution in [3.05, 3.63) is 23.3 Å². The van der Waals surface area contributed by atoms with Crippen molar-refractivity contribution in [1.29, 1.82) is 0 Å². The number of fused-ring (bicyclic) bond motifs is 3. The summed E-state index contributed by atoms with van der Waals surface area (Å²) in [6.45, 7) is 5.90. The third kappa shape index (κ3) is 4.40. The van der Waals surface area contributed by atoms with Crippen LogP contribution < -0.4 is 9.47 Å². The summed E-state index contributed by atoms with van der Waals surface area (Å²) in [5, 5.41) is 10.8. The van der Waals surface area contributed by atoms with E-state index in [-0.39, 0.29) is 30.2 Å². The summed E-state index contributed by atoms with van der Waals surface area (Å²) in [6, 6.07) is 4.41. The van der Waals surface area contributed by atoms with E-state index in [9.17, 15) is 9.50 Å². The van der Waals surface area contributed by atoms with Crippen LogP contribution in [0.2, 0.25) is 0 Å². The van der Waals surface area contributed by atoms with Gasteiger partial charge in [0.05, 0.1) is 27.0 Å². The minimum atomic E-state index is -0.313. The van der Waals surface area contributed by atoms with Crippen LogP contribution >= 0.6 is 0 Å². The Kier molecular flexibility index (Phi) is 6.32. The van der Waals surface area contributed by atoms with Gasteiger partial charge in [0.2, 0.25) is 0 Å². The number of benzene rings is 1. The van der Waals surface area contributed by atoms with Gasteiger partial charge in [-0.25, -0.2) is 0 Å². The van der Waals surface area contributed by atoms with Crippen LogP contribution in [-0.4, -0.2) is 50.1 Å². The van der Waals surface area contributed by atoms with E-state index in [1.165, 1.54) is 11.1 Å². The number of aliphatic hydroxyl groups is 1. The Bertz CT molecular complexity index is 649. The summed E-state index contributed by atoms with van der Waals surface area (Å²) >= 11 is 0. The fourth-order valence-corrected chi connectivity index (χ4v) is 4.66. The maximum atomic E-state index is 12.7. The number of alkyl halides is 1. The van der Waals surface area contributed by atoms with Crippen molar-refractivity contribution in [2.24, 2.45) is 11.3 Å². The van der Waals surface area contributed by atoms with Crippen LogP contribution in [0.5, 0.6) is 11.5 Å². The van der Waals surface area contributed by atoms with Gasteiger partial charge in [0.15, 0.2) is 11.5 Å². The van der Waals surface area contributed by atoms with Gasteiger partial charge in [-0.3, -0.25) is 9.29 Å². The first kappa shape index (κ1) is 20.4. The topological polar surface area (TPSA) is 41.9 Å². The molecule has 0 amide bonds. The predicted octanol–water partition coefficient (Wildman–Crippen LogP) is 4.15. The zero-order valence-electron chi connectivity index (χ0n) is 17.1. The minimum absolute atomic E-state index is 0.00371. The molecule has 2 heterocycles. The Morgan fingerprint density at radius 2 is 1.89 bits per heavy atom. The summed E-state index contributed by atoms with van der Waals surface area (Å²) in [4.78, 5) is 2.51. The Labute approximate surface area is 162 Å². The first-order chi connectivity index (χ1) is 12.9. The van der Waals surface area contributed by atoms with Crippen LogP contribution in [0.15, 0.2) is 12.1 Å². The second kappa shape index (κ2) is 8.36. The Morgan fingerprint density at radius 1 is 1.19 bits per heavy atom. The van der Waals surface area contributed by atoms with Crippen molar-refractivity contribution >= 4 is 0 Å². The van der Waals surface area contributed by atoms with Crippen molar-refractivity contribution in [1.82, 2.24) is 4.90 Å². The van der Waals surface area contributed by atoms with E-state index >= 15 is 0 Å². The van der Waals surface area contributed by atoms with E-state index in [4.69, 9.17) is 9.47 Å². The highest BCUT2D eigenvalue weighted by atomic mass is 19.1. The third-order valence-corrected chi connectivity index (χ3v) is 6.55. The second-order valence-electron chi connectivity index (χ2n) is 8.87. The molecule has 3 rings (SSSR count). The zero-order chi connectivity index (χ0) is 19.6. The SMILES string of the molecule is COc1cc2c(cc1OC)[C@H]1C[C@@H](O)[C@H](CCC(C)(C)CCF)CN1CC2. The van der Waals surface area contributed by atoms with Crippen molar-refractivity contribution in [2.45, 2.75) is 58.1 Å². The number of nitrogens with zero attached hydrogens (tertiary/aromatic N) is 1. The van der Waals surface area contributed by atoms with Gasteiger partial charge < -0.3 is 14.6 Å². The molecule has 0 radical (unpaired) electrons. The van der Waals surface area contributed by atoms with E-state index in [1.54, 1.807) is 14.2 Å². The molecule has 1 saturated heterocycles. The van der Waals surface area contributed by atoms with E-state index in [1.807, 2.05) is 0 Å². The van der Waals surface area contributed by atoms with Crippen LogP contribution in [-0.2, 0) is 6.42 Å². The molecule has 1 aromatic rings. The van der Waals surface area contributed by atoms with E-state index in [0.717, 1.165) is 50.3 Å². The highest BCUT2D eigenvalue weighted by molar-refractivity contribution is 5.49. The van der Waals surface area contributed by atoms with Crippen molar-refractivity contribution in [3.8, 4) is 11.5 Å². The molecule has 4 nitrogen and oxygen atoms in total. The highest BCUT2D eigenvalue weighted by Crippen LogP contribution is 2.44. The number of ether oxygens (including phenoxy) is 2. The predicted molar refractivity (Wildman–Crippen MR) is 105 cm³/mol. The first-order valence-electron chi connectivity index (χ1n) is 10.1. The van der Waals surface area contributed by atoms with Gasteiger partial charge in [-0.2, -0.15) is 0 Å². The van der Waals surface area contributed by atoms with Crippen LogP contribution in [0.1, 0.15) is 56.7 Å². The number of hydrogen-bond donors (Lipinski definition) is 1. The van der Waals surface area contributed by atoms with Crippen LogP contribution in [0.3, 0.4) is 0 Å². The minimum Gasteiger partial charge on any atom is -0.493 e. The molecule has 0 unspecified atom stereocenters. The van der Waals surface area contributed by atoms with Crippen molar-refractivity contribution in [3.63, 3.8) is 0 Å². The fourth-order valence-electron chi connectivity index (χ4n) is 4.66. The van der Waals surface area contributed by atoms with Crippen LogP contribution in [0.4, 0.5) is 4.39 Å². The standard InChI is InChI=1S/C22H34FNO3/c1-22(2,8-9-23)7-5-16-14-24-10-6-15-11-20(26-3)21(27-4)12-17(15)18(24)13-19(16)25/h11-12,16,18-19,25H,5-10,13-14H2,1-4H3/t16-,18-,19-/m1/s1. The normalized spacial score (nSPS) is 25.6. The molecule has 0 saturated carbocycles. The Morgan fingerprint density at radius 3 is 2.56 bits per heavy atom. The maximum absolute atomic E-state index is 12.7. The number of hydrogen-bond acceptors (Lipinski definition) is 4. The maximum Gasteiger partial charge on any atom is 0.161 e. The van der Waals surface area contributed by atoms with Crippen molar-refractivity contribution in [2.75, 3.05) is 34.0 Å². The molecule has 152 valence electrons. The van der Waals surface area contributed by atoms with Gasteiger partial charge in [-0.1, -0.05) is 13.8 Å². The smallest absolute Gasteiger partial charge is 0.161 e. The number of piperidine rings is 1. The quantitative estimate of drug-likeness (QED) is 0.773. The molecule has 0 aliphatic carbocycles. The fraction of sp³-hybridized carbons (Fsp3) is 0.727. The van der Waals surface area contributed by atoms with Crippen molar-refractivity contribution < 1.29 is 19.0 Å². The second-order valence-corrected chi connectivity index (χ2v) is 8.87. The monoisotopic (exact) mass is 379 g/mol. The van der Waals surface area contributed by atoms with Gasteiger partial charge in [0.1, 0.15) is 0 Å². The molecule has 1 N–H and O–H groups in total. The number of rotatable bonds is 7. The molecule has 2 aliphatic rings. The number of methoxy groups -OCH3 is 2. The summed E-state index contributed by atoms with van der Waals surface area (Å²) in [6.07, 6.45) is 3.93. The number of halogens is 1. The van der Waals surface area contributed by atoms with E-state index < -0.39 is 0 Å². The molecule has 0 aromatic heterocycles. The van der Waals surface area contributed by atoms with Gasteiger partial charge in [0.25, 0.3) is 0 Å². The Hall–Kier alpha value is -1.33. The molecule has 1 fully saturated rings. The molecular formula is C22H34FNO3. The largest absolute Gasteiger partial charge is 0.493 e. The molecule has 3 atom stereocenters. The lowest BCUT2D eigenvalue weighted by molar-refractivity contribution is -0.0191. The molecule has 5 heteroatoms. The van der Waals surface area contributed by atoms with E-state index in [2.05, 4.69) is 30.9 Å². The van der Waals surface area contributed by atoms with Gasteiger partial charge in [-0.05, 0) is 66.7 Å². The van der Waals surface area contributed by atoms with Gasteiger partial charge in [0, 0.05) is 19.1 Å². The molecule has 0 bridgehead atoms. The molecule has 2 aliphatic heterocycles. The van der Waals surface area contributed by atoms with E-state index in [0.29, 0.717) is 6.42 Å². The molecule has 1 aromatic carbocycles. The summed E-state index contributed by atoms with van der Waals surface area (Å²) in [5.74, 6) is 1.79. The first-order valence-corrected chi connectivity index (χ1v) is 10.1. The van der Waals surface area contributed by atoms with Crippen LogP contribution in [0, 0.1) is 11.3 Å². The van der Waals surface area contributed by atoms with Gasteiger partial charge >= 0.3 is 0 Å². The van der Waals surface area contributed by atoms with Crippen LogP contribution in [0.25, 0.3) is 0 Å². The summed E-state index contributed by atoms with van der Waals surface area (Å²) in [5.41, 5.74) is 2.56. The molecular weight excluding hydrogens is 345 g/mol. The number of aliphatic hydroxyl groups excluding tert-OH is 1. The zero-order valence-corrected chi connectivity index (χ0v) is 17.1. The Balaban J connectivity index is 1.72. The van der Waals surface area contributed by atoms with Gasteiger partial charge in [-0.15, -0.1) is 0 Å². The lowest BCUT2D eigenvalue weighted by Gasteiger charge is -2.46.